The summed E-state index contributed by atoms with van der Waals surface area (Å²) in [5.74, 6) is 0.442. The van der Waals surface area contributed by atoms with Crippen LogP contribution in [0.3, 0.4) is 0 Å². The highest BCUT2D eigenvalue weighted by Gasteiger charge is 2.19. The predicted octanol–water partition coefficient (Wildman–Crippen LogP) is 4.00. The van der Waals surface area contributed by atoms with Gasteiger partial charge in [-0.05, 0) is 30.5 Å². The van der Waals surface area contributed by atoms with Gasteiger partial charge in [-0.3, -0.25) is 4.90 Å². The Hall–Kier alpha value is -2.28. The molecule has 0 unspecified atom stereocenters. The highest BCUT2D eigenvalue weighted by molar-refractivity contribution is 6.31. The number of hydrogen-bond acceptors (Lipinski definition) is 3. The van der Waals surface area contributed by atoms with Crippen LogP contribution < -0.4 is 5.32 Å². The molecule has 0 saturated carbocycles. The summed E-state index contributed by atoms with van der Waals surface area (Å²) < 4.78 is 4.79. The fourth-order valence-corrected chi connectivity index (χ4v) is 2.48. The van der Waals surface area contributed by atoms with Crippen LogP contribution in [0.4, 0.5) is 15.3 Å². The standard InChI is InChI=1S/C17H25ClN4O3/c1-7-25-17(24)20-15(21(4)5)22(6)16(23)19-12-8-9-13(11(2)3)14(18)10-12/h8-11H,7H2,1-6H3,(H,19,23)/b20-15-. The molecule has 0 spiro atoms. The minimum atomic E-state index is -0.754. The van der Waals surface area contributed by atoms with Gasteiger partial charge in [-0.1, -0.05) is 31.5 Å². The number of amides is 3. The number of carbonyl (C=O) groups excluding carboxylic acids is 2. The van der Waals surface area contributed by atoms with Crippen molar-refractivity contribution in [2.24, 2.45) is 4.99 Å². The molecule has 0 aliphatic heterocycles. The molecule has 1 N–H and O–H groups in total. The van der Waals surface area contributed by atoms with E-state index in [2.05, 4.69) is 10.3 Å². The molecule has 0 bridgehead atoms. The van der Waals surface area contributed by atoms with Crippen molar-refractivity contribution in [2.75, 3.05) is 33.1 Å². The molecule has 0 fully saturated rings. The summed E-state index contributed by atoms with van der Waals surface area (Å²) in [6, 6.07) is 4.90. The van der Waals surface area contributed by atoms with Gasteiger partial charge in [0.2, 0.25) is 5.96 Å². The summed E-state index contributed by atoms with van der Waals surface area (Å²) in [6.07, 6.45) is -0.754. The van der Waals surface area contributed by atoms with Gasteiger partial charge >= 0.3 is 12.1 Å². The Labute approximate surface area is 153 Å². The van der Waals surface area contributed by atoms with E-state index in [1.54, 1.807) is 38.1 Å². The van der Waals surface area contributed by atoms with Crippen molar-refractivity contribution in [3.63, 3.8) is 0 Å². The van der Waals surface area contributed by atoms with Crippen molar-refractivity contribution >= 4 is 35.4 Å². The quantitative estimate of drug-likeness (QED) is 0.646. The summed E-state index contributed by atoms with van der Waals surface area (Å²) in [6.45, 7) is 5.98. The van der Waals surface area contributed by atoms with Gasteiger partial charge in [0, 0.05) is 31.9 Å². The molecule has 0 heterocycles. The van der Waals surface area contributed by atoms with E-state index in [0.29, 0.717) is 10.7 Å². The molecular weight excluding hydrogens is 344 g/mol. The topological polar surface area (TPSA) is 74.2 Å². The zero-order chi connectivity index (χ0) is 19.1. The number of guanidine groups is 1. The summed E-state index contributed by atoms with van der Waals surface area (Å²) >= 11 is 6.25. The minimum absolute atomic E-state index is 0.154. The molecule has 0 aliphatic carbocycles. The SMILES string of the molecule is CCOC(=O)/N=C(/N(C)C)N(C)C(=O)Nc1ccc(C(C)C)c(Cl)c1. The molecule has 1 aromatic carbocycles. The van der Waals surface area contributed by atoms with Gasteiger partial charge in [-0.15, -0.1) is 4.99 Å². The van der Waals surface area contributed by atoms with Crippen LogP contribution in [0, 0.1) is 0 Å². The highest BCUT2D eigenvalue weighted by atomic mass is 35.5. The Kier molecular flexibility index (Phi) is 7.70. The van der Waals surface area contributed by atoms with E-state index in [0.717, 1.165) is 5.56 Å². The van der Waals surface area contributed by atoms with E-state index in [1.165, 1.54) is 11.9 Å². The van der Waals surface area contributed by atoms with E-state index < -0.39 is 12.1 Å². The summed E-state index contributed by atoms with van der Waals surface area (Å²) in [7, 11) is 4.86. The van der Waals surface area contributed by atoms with Gasteiger partial charge in [0.15, 0.2) is 0 Å². The van der Waals surface area contributed by atoms with E-state index in [1.807, 2.05) is 19.9 Å². The van der Waals surface area contributed by atoms with E-state index >= 15 is 0 Å². The lowest BCUT2D eigenvalue weighted by molar-refractivity contribution is 0.162. The molecule has 0 aromatic heterocycles. The van der Waals surface area contributed by atoms with E-state index in [-0.39, 0.29) is 18.5 Å². The van der Waals surface area contributed by atoms with Crippen LogP contribution in [0.5, 0.6) is 0 Å². The van der Waals surface area contributed by atoms with E-state index in [4.69, 9.17) is 16.3 Å². The number of ether oxygens (including phenoxy) is 1. The van der Waals surface area contributed by atoms with Crippen molar-refractivity contribution in [3.05, 3.63) is 28.8 Å². The molecule has 138 valence electrons. The second-order valence-corrected chi connectivity index (χ2v) is 6.29. The molecule has 0 atom stereocenters. The van der Waals surface area contributed by atoms with Crippen molar-refractivity contribution < 1.29 is 14.3 Å². The third kappa shape index (κ3) is 5.94. The van der Waals surface area contributed by atoms with Gasteiger partial charge in [0.25, 0.3) is 0 Å². The highest BCUT2D eigenvalue weighted by Crippen LogP contribution is 2.27. The van der Waals surface area contributed by atoms with Crippen molar-refractivity contribution in [2.45, 2.75) is 26.7 Å². The van der Waals surface area contributed by atoms with Crippen LogP contribution in [0.15, 0.2) is 23.2 Å². The number of halogens is 1. The number of urea groups is 1. The Bertz CT molecular complexity index is 659. The van der Waals surface area contributed by atoms with Crippen molar-refractivity contribution in [1.82, 2.24) is 9.80 Å². The first-order valence-electron chi connectivity index (χ1n) is 7.94. The largest absolute Gasteiger partial charge is 0.448 e. The molecule has 0 radical (unpaired) electrons. The van der Waals surface area contributed by atoms with Gasteiger partial charge in [-0.2, -0.15) is 0 Å². The van der Waals surface area contributed by atoms with Gasteiger partial charge in [0.1, 0.15) is 0 Å². The number of benzene rings is 1. The number of nitrogens with one attached hydrogen (secondary N) is 1. The fourth-order valence-electron chi connectivity index (χ4n) is 2.08. The monoisotopic (exact) mass is 368 g/mol. The van der Waals surface area contributed by atoms with Crippen LogP contribution in [0.1, 0.15) is 32.3 Å². The first kappa shape index (κ1) is 20.8. The average Bonchev–Trinajstić information content (AvgIpc) is 2.51. The zero-order valence-electron chi connectivity index (χ0n) is 15.5. The number of rotatable bonds is 3. The second-order valence-electron chi connectivity index (χ2n) is 5.89. The van der Waals surface area contributed by atoms with Crippen LogP contribution in [-0.2, 0) is 4.74 Å². The maximum atomic E-state index is 12.4. The third-order valence-electron chi connectivity index (χ3n) is 3.34. The lowest BCUT2D eigenvalue weighted by Crippen LogP contribution is -2.44. The minimum Gasteiger partial charge on any atom is -0.448 e. The maximum absolute atomic E-state index is 12.4. The summed E-state index contributed by atoms with van der Waals surface area (Å²) in [5, 5.41) is 3.32. The van der Waals surface area contributed by atoms with Crippen LogP contribution in [0.2, 0.25) is 5.02 Å². The number of anilines is 1. The van der Waals surface area contributed by atoms with Crippen LogP contribution >= 0.6 is 11.6 Å². The fraction of sp³-hybridized carbons (Fsp3) is 0.471. The Balaban J connectivity index is 2.94. The molecule has 25 heavy (non-hydrogen) atoms. The molecule has 0 aliphatic rings. The molecule has 3 amide bonds. The normalized spacial score (nSPS) is 11.3. The molecule has 7 nitrogen and oxygen atoms in total. The van der Waals surface area contributed by atoms with E-state index in [9.17, 15) is 9.59 Å². The second kappa shape index (κ2) is 9.27. The molecular formula is C17H25ClN4O3. The number of hydrogen-bond donors (Lipinski definition) is 1. The zero-order valence-corrected chi connectivity index (χ0v) is 16.2. The van der Waals surface area contributed by atoms with Gasteiger partial charge < -0.3 is 15.0 Å². The predicted molar refractivity (Wildman–Crippen MR) is 100 cm³/mol. The molecule has 0 saturated heterocycles. The average molecular weight is 369 g/mol. The van der Waals surface area contributed by atoms with Crippen LogP contribution in [0.25, 0.3) is 0 Å². The Morgan fingerprint density at radius 3 is 2.40 bits per heavy atom. The van der Waals surface area contributed by atoms with Crippen molar-refractivity contribution in [3.8, 4) is 0 Å². The first-order valence-corrected chi connectivity index (χ1v) is 8.32. The van der Waals surface area contributed by atoms with Crippen LogP contribution in [-0.4, -0.2) is 55.6 Å². The number of aliphatic imine (C=N–C) groups is 1. The molecule has 1 rings (SSSR count). The van der Waals surface area contributed by atoms with Gasteiger partial charge in [-0.25, -0.2) is 9.59 Å². The van der Waals surface area contributed by atoms with Gasteiger partial charge in [0.05, 0.1) is 6.61 Å². The first-order chi connectivity index (χ1) is 11.7. The summed E-state index contributed by atoms with van der Waals surface area (Å²) in [4.78, 5) is 30.6. The maximum Gasteiger partial charge on any atom is 0.436 e. The smallest absolute Gasteiger partial charge is 0.436 e. The Morgan fingerprint density at radius 2 is 1.92 bits per heavy atom. The lowest BCUT2D eigenvalue weighted by atomic mass is 10.0. The lowest BCUT2D eigenvalue weighted by Gasteiger charge is -2.24. The third-order valence-corrected chi connectivity index (χ3v) is 3.66. The molecule has 1 aromatic rings. The number of carbonyl (C=O) groups is 2. The summed E-state index contributed by atoms with van der Waals surface area (Å²) in [5.41, 5.74) is 1.56. The Morgan fingerprint density at radius 1 is 1.28 bits per heavy atom. The molecule has 8 heteroatoms. The number of nitrogens with zero attached hydrogens (tertiary/aromatic N) is 3. The van der Waals surface area contributed by atoms with Crippen molar-refractivity contribution in [1.29, 1.82) is 0 Å².